The molecule has 0 unspecified atom stereocenters. The quantitative estimate of drug-likeness (QED) is 0.612. The first-order valence-corrected chi connectivity index (χ1v) is 7.84. The summed E-state index contributed by atoms with van der Waals surface area (Å²) < 4.78 is 44.6. The van der Waals surface area contributed by atoms with Gasteiger partial charge in [-0.2, -0.15) is 13.2 Å². The van der Waals surface area contributed by atoms with E-state index in [2.05, 4.69) is 4.90 Å². The number of hydrogen-bond donors (Lipinski definition) is 0. The van der Waals surface area contributed by atoms with Gasteiger partial charge in [-0.05, 0) is 18.2 Å². The van der Waals surface area contributed by atoms with Crippen LogP contribution in [0.15, 0.2) is 24.3 Å². The van der Waals surface area contributed by atoms with Crippen molar-refractivity contribution in [2.45, 2.75) is 12.6 Å². The van der Waals surface area contributed by atoms with E-state index < -0.39 is 11.7 Å². The first kappa shape index (κ1) is 15.6. The molecule has 0 radical (unpaired) electrons. The molecule has 22 heavy (non-hydrogen) atoms. The van der Waals surface area contributed by atoms with Gasteiger partial charge in [-0.25, -0.2) is 0 Å². The molecule has 4 rings (SSSR count). The number of ether oxygens (including phenoxy) is 1. The molecule has 0 aliphatic carbocycles. The van der Waals surface area contributed by atoms with E-state index in [9.17, 15) is 13.2 Å². The number of nitrogens with zero attached hydrogens (tertiary/aromatic N) is 2. The molecule has 6 heteroatoms. The molecule has 0 amide bonds. The third kappa shape index (κ3) is 3.55. The second-order valence-electron chi connectivity index (χ2n) is 6.31. The molecule has 3 heterocycles. The number of piperazine rings is 3. The van der Waals surface area contributed by atoms with Gasteiger partial charge >= 0.3 is 6.18 Å². The highest BCUT2D eigenvalue weighted by Gasteiger charge is 2.37. The Morgan fingerprint density at radius 2 is 1.77 bits per heavy atom. The van der Waals surface area contributed by atoms with Gasteiger partial charge in [0.1, 0.15) is 5.75 Å². The molecular formula is C16H22F3N2O+. The van der Waals surface area contributed by atoms with E-state index in [0.29, 0.717) is 12.4 Å². The van der Waals surface area contributed by atoms with E-state index >= 15 is 0 Å². The Morgan fingerprint density at radius 1 is 1.09 bits per heavy atom. The van der Waals surface area contributed by atoms with Gasteiger partial charge in [0.2, 0.25) is 0 Å². The lowest BCUT2D eigenvalue weighted by Crippen LogP contribution is -2.67. The summed E-state index contributed by atoms with van der Waals surface area (Å²) in [6.07, 6.45) is -3.43. The number of benzene rings is 1. The average Bonchev–Trinajstić information content (AvgIpc) is 2.53. The maximum absolute atomic E-state index is 12.6. The molecule has 0 atom stereocenters. The summed E-state index contributed by atoms with van der Waals surface area (Å²) in [7, 11) is 0. The van der Waals surface area contributed by atoms with Crippen molar-refractivity contribution in [1.29, 1.82) is 0 Å². The first-order valence-electron chi connectivity index (χ1n) is 7.84. The Kier molecular flexibility index (Phi) is 4.32. The minimum absolute atomic E-state index is 0.304. The van der Waals surface area contributed by atoms with Crippen molar-refractivity contribution >= 4 is 0 Å². The molecule has 0 saturated carbocycles. The molecule has 1 aromatic rings. The van der Waals surface area contributed by atoms with E-state index in [0.717, 1.165) is 29.6 Å². The molecule has 0 spiro atoms. The van der Waals surface area contributed by atoms with Crippen LogP contribution in [0.2, 0.25) is 0 Å². The maximum atomic E-state index is 12.6. The van der Waals surface area contributed by atoms with Gasteiger partial charge in [0.05, 0.1) is 38.3 Å². The lowest BCUT2D eigenvalue weighted by Gasteiger charge is -2.50. The summed E-state index contributed by atoms with van der Waals surface area (Å²) in [6.45, 7) is 8.66. The van der Waals surface area contributed by atoms with Gasteiger partial charge in [-0.1, -0.05) is 6.07 Å². The lowest BCUT2D eigenvalue weighted by molar-refractivity contribution is -0.941. The molecule has 1 aromatic carbocycles. The van der Waals surface area contributed by atoms with Gasteiger partial charge in [0.25, 0.3) is 0 Å². The third-order valence-corrected chi connectivity index (χ3v) is 4.88. The van der Waals surface area contributed by atoms with Crippen LogP contribution in [0, 0.1) is 0 Å². The van der Waals surface area contributed by atoms with Crippen LogP contribution in [-0.2, 0) is 6.18 Å². The predicted octanol–water partition coefficient (Wildman–Crippen LogP) is 2.62. The number of halogens is 3. The molecule has 3 nitrogen and oxygen atoms in total. The molecule has 0 N–H and O–H groups in total. The van der Waals surface area contributed by atoms with Crippen LogP contribution < -0.4 is 4.74 Å². The summed E-state index contributed by atoms with van der Waals surface area (Å²) in [5, 5.41) is 0. The summed E-state index contributed by atoms with van der Waals surface area (Å²) >= 11 is 0. The number of fused-ring (bicyclic) bond motifs is 3. The molecule has 3 saturated heterocycles. The van der Waals surface area contributed by atoms with Crippen LogP contribution in [-0.4, -0.2) is 61.8 Å². The lowest BCUT2D eigenvalue weighted by atomic mass is 10.1. The Hall–Kier alpha value is -1.27. The van der Waals surface area contributed by atoms with Crippen molar-refractivity contribution in [1.82, 2.24) is 4.90 Å². The summed E-state index contributed by atoms with van der Waals surface area (Å²) in [6, 6.07) is 5.12. The fraction of sp³-hybridized carbons (Fsp3) is 0.625. The van der Waals surface area contributed by atoms with Gasteiger partial charge in [-0.3, -0.25) is 4.90 Å². The van der Waals surface area contributed by atoms with Crippen molar-refractivity contribution in [2.75, 3.05) is 52.4 Å². The number of rotatable bonds is 5. The van der Waals surface area contributed by atoms with Crippen LogP contribution in [0.5, 0.6) is 5.75 Å². The summed E-state index contributed by atoms with van der Waals surface area (Å²) in [5.41, 5.74) is -0.654. The Morgan fingerprint density at radius 3 is 2.41 bits per heavy atom. The molecule has 3 aliphatic rings. The Labute approximate surface area is 128 Å². The average molecular weight is 315 g/mol. The number of quaternary nitrogens is 1. The van der Waals surface area contributed by atoms with E-state index in [4.69, 9.17) is 4.74 Å². The minimum atomic E-state index is -4.31. The molecule has 122 valence electrons. The Bertz CT molecular complexity index is 497. The van der Waals surface area contributed by atoms with E-state index in [1.807, 2.05) is 0 Å². The normalized spacial score (nSPS) is 27.9. The monoisotopic (exact) mass is 315 g/mol. The SMILES string of the molecule is FC(F)(F)c1cccc(OCCC[N+]23CCN(CC2)CC3)c1. The maximum Gasteiger partial charge on any atom is 0.416 e. The van der Waals surface area contributed by atoms with Crippen LogP contribution in [0.3, 0.4) is 0 Å². The fourth-order valence-electron chi connectivity index (χ4n) is 3.42. The number of hydrogen-bond acceptors (Lipinski definition) is 2. The fourth-order valence-corrected chi connectivity index (χ4v) is 3.42. The van der Waals surface area contributed by atoms with Crippen LogP contribution in [0.4, 0.5) is 13.2 Å². The van der Waals surface area contributed by atoms with Crippen molar-refractivity contribution in [3.63, 3.8) is 0 Å². The van der Waals surface area contributed by atoms with Crippen molar-refractivity contribution in [2.24, 2.45) is 0 Å². The zero-order valence-corrected chi connectivity index (χ0v) is 12.6. The van der Waals surface area contributed by atoms with Gasteiger partial charge in [0, 0.05) is 26.1 Å². The molecule has 3 aliphatic heterocycles. The molecule has 3 fully saturated rings. The van der Waals surface area contributed by atoms with Gasteiger partial charge in [-0.15, -0.1) is 0 Å². The van der Waals surface area contributed by atoms with Crippen LogP contribution in [0.25, 0.3) is 0 Å². The predicted molar refractivity (Wildman–Crippen MR) is 77.7 cm³/mol. The van der Waals surface area contributed by atoms with Crippen LogP contribution >= 0.6 is 0 Å². The highest BCUT2D eigenvalue weighted by Crippen LogP contribution is 2.31. The molecule has 0 aromatic heterocycles. The summed E-state index contributed by atoms with van der Waals surface area (Å²) in [4.78, 5) is 2.50. The highest BCUT2D eigenvalue weighted by molar-refractivity contribution is 5.30. The number of alkyl halides is 3. The van der Waals surface area contributed by atoms with Crippen LogP contribution in [0.1, 0.15) is 12.0 Å². The van der Waals surface area contributed by atoms with E-state index in [1.165, 1.54) is 45.3 Å². The standard InChI is InChI=1S/C16H22F3N2O/c17-16(18,19)14-3-1-4-15(13-14)22-12-2-8-21-9-5-20(6-10-21)7-11-21/h1,3-4,13H,2,5-12H2/q+1. The van der Waals surface area contributed by atoms with Gasteiger partial charge < -0.3 is 9.22 Å². The Balaban J connectivity index is 1.47. The largest absolute Gasteiger partial charge is 0.493 e. The second-order valence-corrected chi connectivity index (χ2v) is 6.31. The van der Waals surface area contributed by atoms with Crippen molar-refractivity contribution in [3.8, 4) is 5.75 Å². The molecular weight excluding hydrogens is 293 g/mol. The van der Waals surface area contributed by atoms with E-state index in [-0.39, 0.29) is 0 Å². The zero-order chi connectivity index (χ0) is 15.6. The second kappa shape index (κ2) is 6.08. The van der Waals surface area contributed by atoms with E-state index in [1.54, 1.807) is 6.07 Å². The van der Waals surface area contributed by atoms with Crippen molar-refractivity contribution in [3.05, 3.63) is 29.8 Å². The highest BCUT2D eigenvalue weighted by atomic mass is 19.4. The first-order chi connectivity index (χ1) is 10.5. The topological polar surface area (TPSA) is 12.5 Å². The minimum Gasteiger partial charge on any atom is -0.493 e. The van der Waals surface area contributed by atoms with Crippen molar-refractivity contribution < 1.29 is 22.4 Å². The molecule has 2 bridgehead atoms. The summed E-state index contributed by atoms with van der Waals surface area (Å²) in [5.74, 6) is 0.304. The zero-order valence-electron chi connectivity index (χ0n) is 12.6. The third-order valence-electron chi connectivity index (χ3n) is 4.88. The van der Waals surface area contributed by atoms with Gasteiger partial charge in [0.15, 0.2) is 0 Å². The smallest absolute Gasteiger partial charge is 0.416 e.